The smallest absolute Gasteiger partial charge is 0.235 e. The van der Waals surface area contributed by atoms with Crippen LogP contribution in [0.25, 0.3) is 0 Å². The molecule has 1 aliphatic rings. The molecule has 1 heterocycles. The van der Waals surface area contributed by atoms with Gasteiger partial charge >= 0.3 is 0 Å². The molecule has 1 atom stereocenters. The van der Waals surface area contributed by atoms with Gasteiger partial charge in [0, 0.05) is 23.3 Å². The van der Waals surface area contributed by atoms with Crippen LogP contribution >= 0.6 is 27.7 Å². The Balaban J connectivity index is 1.88. The first kappa shape index (κ1) is 16.8. The fourth-order valence-electron chi connectivity index (χ4n) is 2.47. The van der Waals surface area contributed by atoms with Crippen molar-refractivity contribution in [2.24, 2.45) is 0 Å². The average Bonchev–Trinajstić information content (AvgIpc) is 2.74. The van der Waals surface area contributed by atoms with Crippen LogP contribution < -0.4 is 0 Å². The number of thioether (sulfide) groups is 1. The highest BCUT2D eigenvalue weighted by atomic mass is 79.9. The third-order valence-electron chi connectivity index (χ3n) is 3.77. The molecule has 0 bridgehead atoms. The van der Waals surface area contributed by atoms with E-state index < -0.39 is 0 Å². The molecule has 116 valence electrons. The van der Waals surface area contributed by atoms with Crippen molar-refractivity contribution < 1.29 is 9.18 Å². The van der Waals surface area contributed by atoms with Crippen LogP contribution in [0, 0.1) is 5.82 Å². The Morgan fingerprint density at radius 2 is 2.00 bits per heavy atom. The lowest BCUT2D eigenvalue weighted by molar-refractivity contribution is -0.130. The van der Waals surface area contributed by atoms with E-state index in [-0.39, 0.29) is 17.0 Å². The zero-order valence-corrected chi connectivity index (χ0v) is 14.7. The number of hydrogen-bond donors (Lipinski definition) is 0. The summed E-state index contributed by atoms with van der Waals surface area (Å²) in [6, 6.07) is 5.08. The molecule has 1 aromatic rings. The van der Waals surface area contributed by atoms with Gasteiger partial charge < -0.3 is 4.90 Å². The maximum absolute atomic E-state index is 13.8. The predicted molar refractivity (Wildman–Crippen MR) is 89.9 cm³/mol. The number of carbonyl (C=O) groups excluding carboxylic acids is 1. The highest BCUT2D eigenvalue weighted by molar-refractivity contribution is 9.10. The van der Waals surface area contributed by atoms with Crippen LogP contribution in [0.4, 0.5) is 4.39 Å². The van der Waals surface area contributed by atoms with E-state index in [0.29, 0.717) is 11.3 Å². The van der Waals surface area contributed by atoms with Crippen molar-refractivity contribution in [3.63, 3.8) is 0 Å². The third-order valence-corrected chi connectivity index (χ3v) is 5.44. The first-order chi connectivity index (χ1) is 10.1. The molecule has 0 aliphatic carbocycles. The lowest BCUT2D eigenvalue weighted by Crippen LogP contribution is -2.37. The van der Waals surface area contributed by atoms with Gasteiger partial charge in [0.1, 0.15) is 5.82 Å². The molecular weight excluding hydrogens is 353 g/mol. The summed E-state index contributed by atoms with van der Waals surface area (Å²) in [5.74, 6) is 0.505. The second kappa shape index (κ2) is 8.18. The number of rotatable bonds is 4. The number of halogens is 2. The van der Waals surface area contributed by atoms with Crippen LogP contribution in [-0.2, 0) is 10.5 Å². The van der Waals surface area contributed by atoms with E-state index in [4.69, 9.17) is 0 Å². The summed E-state index contributed by atoms with van der Waals surface area (Å²) >= 11 is 4.76. The molecule has 21 heavy (non-hydrogen) atoms. The molecule has 2 rings (SSSR count). The van der Waals surface area contributed by atoms with E-state index in [1.165, 1.54) is 30.7 Å². The summed E-state index contributed by atoms with van der Waals surface area (Å²) in [6.07, 6.45) is 4.64. The third kappa shape index (κ3) is 4.99. The van der Waals surface area contributed by atoms with Crippen LogP contribution in [-0.4, -0.2) is 29.1 Å². The topological polar surface area (TPSA) is 20.3 Å². The zero-order chi connectivity index (χ0) is 15.2. The molecule has 1 amide bonds. The summed E-state index contributed by atoms with van der Waals surface area (Å²) in [7, 11) is 0. The Bertz CT molecular complexity index is 489. The van der Waals surface area contributed by atoms with Crippen molar-refractivity contribution in [3.8, 4) is 0 Å². The summed E-state index contributed by atoms with van der Waals surface area (Å²) < 4.78 is 14.5. The fraction of sp³-hybridized carbons (Fsp3) is 0.562. The van der Waals surface area contributed by atoms with Crippen molar-refractivity contribution in [1.29, 1.82) is 0 Å². The number of carbonyl (C=O) groups is 1. The minimum absolute atomic E-state index is 0.119. The van der Waals surface area contributed by atoms with Crippen LogP contribution in [0.3, 0.4) is 0 Å². The second-order valence-corrected chi connectivity index (χ2v) is 7.67. The molecule has 1 saturated heterocycles. The Morgan fingerprint density at radius 3 is 2.62 bits per heavy atom. The van der Waals surface area contributed by atoms with Gasteiger partial charge in [-0.05, 0) is 37.5 Å². The highest BCUT2D eigenvalue weighted by Crippen LogP contribution is 2.24. The minimum atomic E-state index is -0.216. The van der Waals surface area contributed by atoms with Gasteiger partial charge in [-0.15, -0.1) is 11.8 Å². The average molecular weight is 374 g/mol. The standard InChI is InChI=1S/C16H21BrFNOS/c1-12(16(20)19-8-4-2-3-5-9-19)21-11-13-6-7-14(17)10-15(13)18/h6-7,10,12H,2-5,8-9,11H2,1H3. The van der Waals surface area contributed by atoms with Crippen molar-refractivity contribution in [2.45, 2.75) is 43.6 Å². The van der Waals surface area contributed by atoms with Gasteiger partial charge in [-0.1, -0.05) is 34.8 Å². The normalized spacial score (nSPS) is 17.4. The summed E-state index contributed by atoms with van der Waals surface area (Å²) in [5.41, 5.74) is 0.652. The molecule has 0 saturated carbocycles. The summed E-state index contributed by atoms with van der Waals surface area (Å²) in [4.78, 5) is 14.4. The number of nitrogens with zero attached hydrogens (tertiary/aromatic N) is 1. The molecule has 0 aromatic heterocycles. The molecule has 2 nitrogen and oxygen atoms in total. The molecular formula is C16H21BrFNOS. The van der Waals surface area contributed by atoms with Gasteiger partial charge in [0.25, 0.3) is 0 Å². The predicted octanol–water partition coefficient (Wildman–Crippen LogP) is 4.61. The van der Waals surface area contributed by atoms with Gasteiger partial charge in [-0.3, -0.25) is 4.79 Å². The Hall–Kier alpha value is -0.550. The maximum Gasteiger partial charge on any atom is 0.235 e. The zero-order valence-electron chi connectivity index (χ0n) is 12.3. The van der Waals surface area contributed by atoms with E-state index in [9.17, 15) is 9.18 Å². The van der Waals surface area contributed by atoms with E-state index in [2.05, 4.69) is 15.9 Å². The first-order valence-electron chi connectivity index (χ1n) is 7.42. The minimum Gasteiger partial charge on any atom is -0.342 e. The molecule has 1 unspecified atom stereocenters. The number of amides is 1. The molecule has 1 aromatic carbocycles. The largest absolute Gasteiger partial charge is 0.342 e. The van der Waals surface area contributed by atoms with Gasteiger partial charge in [0.05, 0.1) is 5.25 Å². The van der Waals surface area contributed by atoms with Crippen molar-refractivity contribution in [1.82, 2.24) is 4.90 Å². The number of benzene rings is 1. The highest BCUT2D eigenvalue weighted by Gasteiger charge is 2.22. The van der Waals surface area contributed by atoms with Gasteiger partial charge in [-0.25, -0.2) is 4.39 Å². The fourth-order valence-corrected chi connectivity index (χ4v) is 3.76. The summed E-state index contributed by atoms with van der Waals surface area (Å²) in [5, 5.41) is -0.119. The molecule has 1 aliphatic heterocycles. The van der Waals surface area contributed by atoms with Crippen LogP contribution in [0.5, 0.6) is 0 Å². The monoisotopic (exact) mass is 373 g/mol. The lowest BCUT2D eigenvalue weighted by atomic mass is 10.2. The van der Waals surface area contributed by atoms with E-state index in [1.807, 2.05) is 17.9 Å². The van der Waals surface area contributed by atoms with Crippen molar-refractivity contribution in [3.05, 3.63) is 34.1 Å². The lowest BCUT2D eigenvalue weighted by Gasteiger charge is -2.23. The van der Waals surface area contributed by atoms with E-state index in [0.717, 1.165) is 30.4 Å². The summed E-state index contributed by atoms with van der Waals surface area (Å²) in [6.45, 7) is 3.67. The molecule has 5 heteroatoms. The Labute approximate surface area is 138 Å². The first-order valence-corrected chi connectivity index (χ1v) is 9.26. The van der Waals surface area contributed by atoms with Crippen molar-refractivity contribution >= 4 is 33.6 Å². The van der Waals surface area contributed by atoms with E-state index >= 15 is 0 Å². The number of hydrogen-bond acceptors (Lipinski definition) is 2. The van der Waals surface area contributed by atoms with Gasteiger partial charge in [-0.2, -0.15) is 0 Å². The van der Waals surface area contributed by atoms with Crippen LogP contribution in [0.15, 0.2) is 22.7 Å². The quantitative estimate of drug-likeness (QED) is 0.767. The molecule has 0 spiro atoms. The van der Waals surface area contributed by atoms with Crippen molar-refractivity contribution in [2.75, 3.05) is 13.1 Å². The maximum atomic E-state index is 13.8. The van der Waals surface area contributed by atoms with Crippen LogP contribution in [0.2, 0.25) is 0 Å². The van der Waals surface area contributed by atoms with Gasteiger partial charge in [0.15, 0.2) is 0 Å². The Kier molecular flexibility index (Phi) is 6.55. The Morgan fingerprint density at radius 1 is 1.33 bits per heavy atom. The second-order valence-electron chi connectivity index (χ2n) is 5.43. The van der Waals surface area contributed by atoms with E-state index in [1.54, 1.807) is 6.07 Å². The SMILES string of the molecule is CC(SCc1ccc(Br)cc1F)C(=O)N1CCCCCC1. The molecule has 0 N–H and O–H groups in total. The number of likely N-dealkylation sites (tertiary alicyclic amines) is 1. The van der Waals surface area contributed by atoms with Gasteiger partial charge in [0.2, 0.25) is 5.91 Å². The van der Waals surface area contributed by atoms with Crippen LogP contribution in [0.1, 0.15) is 38.2 Å². The molecule has 0 radical (unpaired) electrons. The molecule has 1 fully saturated rings.